The molecule has 0 amide bonds. The molecule has 1 heteroatoms. The maximum atomic E-state index is 2.64. The van der Waals surface area contributed by atoms with Gasteiger partial charge in [0, 0.05) is 11.6 Å². The highest BCUT2D eigenvalue weighted by atomic mass is 15.2. The zero-order chi connectivity index (χ0) is 31.5. The quantitative estimate of drug-likeness (QED) is 0.198. The molecule has 0 aliphatic heterocycles. The van der Waals surface area contributed by atoms with Gasteiger partial charge in [-0.3, -0.25) is 0 Å². The highest BCUT2D eigenvalue weighted by Crippen LogP contribution is 2.37. The van der Waals surface area contributed by atoms with E-state index in [1.165, 1.54) is 66.9 Å². The summed E-state index contributed by atoms with van der Waals surface area (Å²) < 4.78 is 0. The van der Waals surface area contributed by atoms with Crippen LogP contribution < -0.4 is 4.90 Å². The molecule has 0 N–H and O–H groups in total. The molecule has 0 fully saturated rings. The second kappa shape index (κ2) is 13.3. The molecule has 6 rings (SSSR count). The number of nitrogens with zero attached hydrogens (tertiary/aromatic N) is 1. The number of benzene rings is 4. The van der Waals surface area contributed by atoms with Crippen molar-refractivity contribution >= 4 is 11.3 Å². The van der Waals surface area contributed by atoms with E-state index in [1.807, 2.05) is 0 Å². The highest BCUT2D eigenvalue weighted by molar-refractivity contribution is 5.80. The first-order valence-corrected chi connectivity index (χ1v) is 16.5. The van der Waals surface area contributed by atoms with Crippen molar-refractivity contribution in [2.45, 2.75) is 78.8 Å². The van der Waals surface area contributed by atoms with Gasteiger partial charge in [0.2, 0.25) is 0 Å². The maximum absolute atomic E-state index is 2.64. The third-order valence-corrected chi connectivity index (χ3v) is 9.63. The molecule has 2 aliphatic rings. The molecule has 0 saturated heterocycles. The zero-order valence-corrected chi connectivity index (χ0v) is 27.8. The molecule has 0 aromatic heterocycles. The molecule has 2 atom stereocenters. The number of hydrogen-bond acceptors (Lipinski definition) is 1. The minimum Gasteiger partial charge on any atom is -0.358 e. The molecular formula is C44H47N. The summed E-state index contributed by atoms with van der Waals surface area (Å²) in [5.74, 6) is 0.325. The van der Waals surface area contributed by atoms with E-state index in [2.05, 4.69) is 168 Å². The van der Waals surface area contributed by atoms with E-state index < -0.39 is 0 Å². The Morgan fingerprint density at radius 3 is 1.91 bits per heavy atom. The smallest absolute Gasteiger partial charge is 0.0520 e. The molecule has 4 aromatic carbocycles. The molecule has 45 heavy (non-hydrogen) atoms. The van der Waals surface area contributed by atoms with Crippen LogP contribution in [0, 0.1) is 27.7 Å². The Balaban J connectivity index is 1.27. The Hall–Kier alpha value is -4.36. The predicted octanol–water partition coefficient (Wildman–Crippen LogP) is 11.2. The molecule has 2 unspecified atom stereocenters. The highest BCUT2D eigenvalue weighted by Gasteiger charge is 2.28. The number of aryl methyl sites for hydroxylation is 4. The van der Waals surface area contributed by atoms with Gasteiger partial charge in [-0.25, -0.2) is 0 Å². The summed E-state index contributed by atoms with van der Waals surface area (Å²) in [6.07, 6.45) is 14.8. The van der Waals surface area contributed by atoms with Crippen LogP contribution in [0.5, 0.6) is 0 Å². The minimum absolute atomic E-state index is 0.320. The Morgan fingerprint density at radius 1 is 0.667 bits per heavy atom. The van der Waals surface area contributed by atoms with Crippen molar-refractivity contribution < 1.29 is 0 Å². The topological polar surface area (TPSA) is 3.24 Å². The molecule has 0 heterocycles. The fourth-order valence-electron chi connectivity index (χ4n) is 7.37. The largest absolute Gasteiger partial charge is 0.358 e. The van der Waals surface area contributed by atoms with Crippen LogP contribution in [0.1, 0.15) is 77.1 Å². The molecule has 228 valence electrons. The Kier molecular flexibility index (Phi) is 9.08. The molecule has 0 bridgehead atoms. The summed E-state index contributed by atoms with van der Waals surface area (Å²) in [7, 11) is 0. The van der Waals surface area contributed by atoms with Crippen molar-refractivity contribution in [1.82, 2.24) is 0 Å². The number of allylic oxidation sites excluding steroid dienone is 4. The van der Waals surface area contributed by atoms with E-state index in [0.29, 0.717) is 18.0 Å². The molecular weight excluding hydrogens is 542 g/mol. The van der Waals surface area contributed by atoms with Gasteiger partial charge >= 0.3 is 0 Å². The number of rotatable bonds is 8. The first-order chi connectivity index (χ1) is 21.7. The fraction of sp³-hybridized carbons (Fsp3) is 0.273. The predicted molar refractivity (Wildman–Crippen MR) is 194 cm³/mol. The van der Waals surface area contributed by atoms with Gasteiger partial charge in [-0.05, 0) is 112 Å². The Morgan fingerprint density at radius 2 is 1.31 bits per heavy atom. The molecule has 1 nitrogen and oxygen atoms in total. The molecule has 2 aliphatic carbocycles. The van der Waals surface area contributed by atoms with Crippen LogP contribution >= 0.6 is 0 Å². The number of hydrogen-bond donors (Lipinski definition) is 0. The summed E-state index contributed by atoms with van der Waals surface area (Å²) in [4.78, 5) is 2.64. The Bertz CT molecular complexity index is 1770. The van der Waals surface area contributed by atoms with Gasteiger partial charge in [0.05, 0.1) is 12.1 Å². The second-order valence-corrected chi connectivity index (χ2v) is 13.5. The van der Waals surface area contributed by atoms with Gasteiger partial charge in [0.1, 0.15) is 0 Å². The van der Waals surface area contributed by atoms with Crippen LogP contribution in [0.25, 0.3) is 5.57 Å². The van der Waals surface area contributed by atoms with E-state index in [0.717, 1.165) is 19.3 Å². The lowest BCUT2D eigenvalue weighted by molar-refractivity contribution is 0.598. The normalized spacial score (nSPS) is 18.0. The van der Waals surface area contributed by atoms with Gasteiger partial charge < -0.3 is 4.90 Å². The van der Waals surface area contributed by atoms with E-state index >= 15 is 0 Å². The van der Waals surface area contributed by atoms with Crippen molar-refractivity contribution in [3.05, 3.63) is 177 Å². The van der Waals surface area contributed by atoms with Gasteiger partial charge in [-0.2, -0.15) is 0 Å². The van der Waals surface area contributed by atoms with E-state index in [9.17, 15) is 0 Å². The summed E-state index contributed by atoms with van der Waals surface area (Å²) in [5, 5.41) is 0. The Labute approximate surface area is 271 Å². The van der Waals surface area contributed by atoms with E-state index in [4.69, 9.17) is 0 Å². The van der Waals surface area contributed by atoms with Crippen molar-refractivity contribution in [2.75, 3.05) is 4.90 Å². The molecule has 4 aromatic rings. The SMILES string of the molecule is CC1=CC=CC(N(c2cccc(C)c2)C2C=CC(c3ccc(CC(c4cccc(C)c4)c4cccc(C)c4)cc3C)=C(C)C2)C1. The summed E-state index contributed by atoms with van der Waals surface area (Å²) in [5.41, 5.74) is 16.4. The second-order valence-electron chi connectivity index (χ2n) is 13.5. The standard InChI is InChI=1S/C44H47N/c1-30-11-7-15-37(23-30)44(38-16-8-12-31(2)24-38)29-36-19-21-42(34(5)27-36)43-22-20-41(28-35(43)6)45(39-17-9-13-32(3)25-39)40-18-10-14-33(4)26-40/h7-25,27,40-41,44H,26,28-29H2,1-6H3. The van der Waals surface area contributed by atoms with Gasteiger partial charge in [0.25, 0.3) is 0 Å². The summed E-state index contributed by atoms with van der Waals surface area (Å²) in [6, 6.07) is 34.9. The van der Waals surface area contributed by atoms with Crippen LogP contribution in [0.4, 0.5) is 5.69 Å². The van der Waals surface area contributed by atoms with Crippen LogP contribution in [0.15, 0.2) is 133 Å². The summed E-state index contributed by atoms with van der Waals surface area (Å²) >= 11 is 0. The molecule has 0 saturated carbocycles. The van der Waals surface area contributed by atoms with Crippen molar-refractivity contribution in [2.24, 2.45) is 0 Å². The van der Waals surface area contributed by atoms with Crippen LogP contribution in [-0.4, -0.2) is 12.1 Å². The third-order valence-electron chi connectivity index (χ3n) is 9.63. The van der Waals surface area contributed by atoms with E-state index in [1.54, 1.807) is 0 Å². The van der Waals surface area contributed by atoms with Gasteiger partial charge in [0.15, 0.2) is 0 Å². The monoisotopic (exact) mass is 589 g/mol. The van der Waals surface area contributed by atoms with E-state index in [-0.39, 0.29) is 0 Å². The van der Waals surface area contributed by atoms with Gasteiger partial charge in [-0.15, -0.1) is 0 Å². The van der Waals surface area contributed by atoms with Crippen LogP contribution in [-0.2, 0) is 6.42 Å². The average Bonchev–Trinajstić information content (AvgIpc) is 3.01. The van der Waals surface area contributed by atoms with Crippen molar-refractivity contribution in [3.8, 4) is 0 Å². The first kappa shape index (κ1) is 30.7. The van der Waals surface area contributed by atoms with Crippen molar-refractivity contribution in [1.29, 1.82) is 0 Å². The maximum Gasteiger partial charge on any atom is 0.0520 e. The minimum atomic E-state index is 0.320. The fourth-order valence-corrected chi connectivity index (χ4v) is 7.37. The molecule has 0 radical (unpaired) electrons. The van der Waals surface area contributed by atoms with Crippen LogP contribution in [0.2, 0.25) is 0 Å². The lowest BCUT2D eigenvalue weighted by Gasteiger charge is -2.40. The average molecular weight is 590 g/mol. The third kappa shape index (κ3) is 6.99. The zero-order valence-electron chi connectivity index (χ0n) is 27.8. The first-order valence-electron chi connectivity index (χ1n) is 16.5. The lowest BCUT2D eigenvalue weighted by atomic mass is 9.83. The van der Waals surface area contributed by atoms with Crippen molar-refractivity contribution in [3.63, 3.8) is 0 Å². The number of anilines is 1. The lowest BCUT2D eigenvalue weighted by Crippen LogP contribution is -2.43. The van der Waals surface area contributed by atoms with Gasteiger partial charge in [-0.1, -0.05) is 132 Å². The van der Waals surface area contributed by atoms with Crippen LogP contribution in [0.3, 0.4) is 0 Å². The summed E-state index contributed by atoms with van der Waals surface area (Å²) in [6.45, 7) is 13.5. The molecule has 0 spiro atoms.